The Bertz CT molecular complexity index is 593. The minimum atomic E-state index is -4.31. The second-order valence-corrected chi connectivity index (χ2v) is 4.25. The maximum atomic E-state index is 12.4. The summed E-state index contributed by atoms with van der Waals surface area (Å²) >= 11 is 0. The van der Waals surface area contributed by atoms with Gasteiger partial charge in [0.1, 0.15) is 0 Å². The second-order valence-electron chi connectivity index (χ2n) is 4.25. The molecule has 0 spiro atoms. The van der Waals surface area contributed by atoms with Crippen LogP contribution in [0.2, 0.25) is 0 Å². The van der Waals surface area contributed by atoms with Gasteiger partial charge in [0.05, 0.1) is 0 Å². The molecule has 0 heterocycles. The predicted molar refractivity (Wildman–Crippen MR) is 76.0 cm³/mol. The van der Waals surface area contributed by atoms with E-state index in [-0.39, 0.29) is 6.08 Å². The minimum Gasteiger partial charge on any atom is -0.167 e. The standard InChI is InChI=1S/C17H13F3/c18-17(19,20)12-11-16(15-9-5-2-6-10-15)13-14-7-3-1-4-8-14/h1-13H/b12-11+,16-13-. The molecule has 0 aliphatic heterocycles. The average molecular weight is 274 g/mol. The Labute approximate surface area is 115 Å². The van der Waals surface area contributed by atoms with Crippen LogP contribution < -0.4 is 0 Å². The Morgan fingerprint density at radius 3 is 1.90 bits per heavy atom. The first-order chi connectivity index (χ1) is 9.54. The molecule has 102 valence electrons. The quantitative estimate of drug-likeness (QED) is 0.523. The molecule has 0 radical (unpaired) electrons. The summed E-state index contributed by atoms with van der Waals surface area (Å²) in [4.78, 5) is 0. The first kappa shape index (κ1) is 14.1. The van der Waals surface area contributed by atoms with E-state index in [0.29, 0.717) is 5.57 Å². The molecular weight excluding hydrogens is 261 g/mol. The molecule has 0 aromatic heterocycles. The van der Waals surface area contributed by atoms with Crippen molar-refractivity contribution in [3.63, 3.8) is 0 Å². The van der Waals surface area contributed by atoms with Crippen LogP contribution in [0.1, 0.15) is 11.1 Å². The third kappa shape index (κ3) is 4.43. The molecule has 2 aromatic carbocycles. The first-order valence-electron chi connectivity index (χ1n) is 6.13. The summed E-state index contributed by atoms with van der Waals surface area (Å²) in [6, 6.07) is 18.3. The topological polar surface area (TPSA) is 0 Å². The lowest BCUT2D eigenvalue weighted by molar-refractivity contribution is -0.0797. The van der Waals surface area contributed by atoms with Crippen LogP contribution in [0.25, 0.3) is 11.6 Å². The van der Waals surface area contributed by atoms with Gasteiger partial charge in [0.25, 0.3) is 0 Å². The van der Waals surface area contributed by atoms with Gasteiger partial charge in [-0.2, -0.15) is 13.2 Å². The summed E-state index contributed by atoms with van der Waals surface area (Å²) in [6.45, 7) is 0. The highest BCUT2D eigenvalue weighted by molar-refractivity contribution is 5.87. The van der Waals surface area contributed by atoms with Gasteiger partial charge in [-0.15, -0.1) is 0 Å². The zero-order valence-corrected chi connectivity index (χ0v) is 10.6. The summed E-state index contributed by atoms with van der Waals surface area (Å²) in [7, 11) is 0. The number of alkyl halides is 3. The van der Waals surface area contributed by atoms with E-state index in [2.05, 4.69) is 0 Å². The maximum absolute atomic E-state index is 12.4. The molecule has 0 amide bonds. The van der Waals surface area contributed by atoms with Crippen molar-refractivity contribution in [3.05, 3.63) is 83.9 Å². The fourth-order valence-electron chi connectivity index (χ4n) is 1.77. The van der Waals surface area contributed by atoms with Crippen molar-refractivity contribution in [2.24, 2.45) is 0 Å². The molecule has 0 unspecified atom stereocenters. The molecule has 2 aromatic rings. The lowest BCUT2D eigenvalue weighted by atomic mass is 10.0. The van der Waals surface area contributed by atoms with E-state index < -0.39 is 6.18 Å². The van der Waals surface area contributed by atoms with Gasteiger partial charge in [0, 0.05) is 6.08 Å². The highest BCUT2D eigenvalue weighted by Gasteiger charge is 2.22. The highest BCUT2D eigenvalue weighted by Crippen LogP contribution is 2.23. The van der Waals surface area contributed by atoms with E-state index in [0.717, 1.165) is 17.2 Å². The van der Waals surface area contributed by atoms with Crippen LogP contribution in [0.3, 0.4) is 0 Å². The van der Waals surface area contributed by atoms with Crippen LogP contribution in [0.5, 0.6) is 0 Å². The number of hydrogen-bond acceptors (Lipinski definition) is 0. The molecule has 3 heteroatoms. The lowest BCUT2D eigenvalue weighted by Crippen LogP contribution is -2.00. The van der Waals surface area contributed by atoms with Crippen molar-refractivity contribution in [2.75, 3.05) is 0 Å². The van der Waals surface area contributed by atoms with Gasteiger partial charge < -0.3 is 0 Å². The minimum absolute atomic E-state index is 0.259. The molecular formula is C17H13F3. The van der Waals surface area contributed by atoms with Gasteiger partial charge >= 0.3 is 6.18 Å². The van der Waals surface area contributed by atoms with E-state index in [1.807, 2.05) is 36.4 Å². The Kier molecular flexibility index (Phi) is 4.41. The maximum Gasteiger partial charge on any atom is 0.409 e. The Morgan fingerprint density at radius 2 is 1.35 bits per heavy atom. The summed E-state index contributed by atoms with van der Waals surface area (Å²) in [6.07, 6.45) is -1.22. The van der Waals surface area contributed by atoms with Crippen molar-refractivity contribution in [1.29, 1.82) is 0 Å². The van der Waals surface area contributed by atoms with E-state index >= 15 is 0 Å². The monoisotopic (exact) mass is 274 g/mol. The SMILES string of the molecule is FC(F)(F)/C=C/C(=C/c1ccccc1)c1ccccc1. The molecule has 0 fully saturated rings. The van der Waals surface area contributed by atoms with Crippen molar-refractivity contribution in [3.8, 4) is 0 Å². The van der Waals surface area contributed by atoms with Crippen molar-refractivity contribution < 1.29 is 13.2 Å². The van der Waals surface area contributed by atoms with Gasteiger partial charge in [0.2, 0.25) is 0 Å². The predicted octanol–water partition coefficient (Wildman–Crippen LogP) is 5.35. The van der Waals surface area contributed by atoms with E-state index in [1.54, 1.807) is 30.3 Å². The van der Waals surface area contributed by atoms with Gasteiger partial charge in [-0.25, -0.2) is 0 Å². The number of rotatable bonds is 3. The van der Waals surface area contributed by atoms with Crippen LogP contribution in [0, 0.1) is 0 Å². The number of hydrogen-bond donors (Lipinski definition) is 0. The van der Waals surface area contributed by atoms with Crippen molar-refractivity contribution in [2.45, 2.75) is 6.18 Å². The number of benzene rings is 2. The lowest BCUT2D eigenvalue weighted by Gasteiger charge is -2.05. The van der Waals surface area contributed by atoms with Gasteiger partial charge in [0.15, 0.2) is 0 Å². The van der Waals surface area contributed by atoms with Crippen molar-refractivity contribution >= 4 is 11.6 Å². The van der Waals surface area contributed by atoms with E-state index in [1.165, 1.54) is 0 Å². The zero-order chi connectivity index (χ0) is 14.4. The van der Waals surface area contributed by atoms with Crippen molar-refractivity contribution in [1.82, 2.24) is 0 Å². The summed E-state index contributed by atoms with van der Waals surface area (Å²) < 4.78 is 37.1. The molecule has 0 N–H and O–H groups in total. The van der Waals surface area contributed by atoms with Crippen LogP contribution in [0.15, 0.2) is 72.8 Å². The van der Waals surface area contributed by atoms with Gasteiger partial charge in [-0.3, -0.25) is 0 Å². The molecule has 0 saturated carbocycles. The van der Waals surface area contributed by atoms with Gasteiger partial charge in [-0.1, -0.05) is 60.7 Å². The van der Waals surface area contributed by atoms with Gasteiger partial charge in [-0.05, 0) is 28.9 Å². The molecule has 2 rings (SSSR count). The number of halogens is 3. The van der Waals surface area contributed by atoms with E-state index in [9.17, 15) is 13.2 Å². The molecule has 0 aliphatic carbocycles. The highest BCUT2D eigenvalue weighted by atomic mass is 19.4. The second kappa shape index (κ2) is 6.24. The Morgan fingerprint density at radius 1 is 0.800 bits per heavy atom. The average Bonchev–Trinajstić information content (AvgIpc) is 2.44. The fraction of sp³-hybridized carbons (Fsp3) is 0.0588. The Balaban J connectivity index is 2.40. The summed E-state index contributed by atoms with van der Waals surface area (Å²) in [5.74, 6) is 0. The number of allylic oxidation sites excluding steroid dienone is 3. The largest absolute Gasteiger partial charge is 0.409 e. The summed E-state index contributed by atoms with van der Waals surface area (Å²) in [5, 5.41) is 0. The molecule has 0 atom stereocenters. The molecule has 0 saturated heterocycles. The van der Waals surface area contributed by atoms with E-state index in [4.69, 9.17) is 0 Å². The molecule has 0 nitrogen and oxygen atoms in total. The molecule has 20 heavy (non-hydrogen) atoms. The Hall–Kier alpha value is -2.29. The third-order valence-corrected chi connectivity index (χ3v) is 2.68. The first-order valence-corrected chi connectivity index (χ1v) is 6.13. The molecule has 0 aliphatic rings. The molecule has 0 bridgehead atoms. The van der Waals surface area contributed by atoms with Crippen LogP contribution in [0.4, 0.5) is 13.2 Å². The third-order valence-electron chi connectivity index (χ3n) is 2.68. The summed E-state index contributed by atoms with van der Waals surface area (Å²) in [5.41, 5.74) is 2.13. The normalized spacial score (nSPS) is 12.8. The fourth-order valence-corrected chi connectivity index (χ4v) is 1.77. The smallest absolute Gasteiger partial charge is 0.167 e. The van der Waals surface area contributed by atoms with Crippen LogP contribution >= 0.6 is 0 Å². The zero-order valence-electron chi connectivity index (χ0n) is 10.6. The van der Waals surface area contributed by atoms with Crippen LogP contribution in [-0.2, 0) is 0 Å². The van der Waals surface area contributed by atoms with Crippen LogP contribution in [-0.4, -0.2) is 6.18 Å².